The fraction of sp³-hybridized carbons (Fsp3) is 0.560. The van der Waals surface area contributed by atoms with Gasteiger partial charge in [0.05, 0.1) is 5.56 Å². The van der Waals surface area contributed by atoms with Crippen molar-refractivity contribution >= 4 is 41.4 Å². The van der Waals surface area contributed by atoms with Crippen molar-refractivity contribution in [3.63, 3.8) is 0 Å². The van der Waals surface area contributed by atoms with E-state index in [0.29, 0.717) is 0 Å². The van der Waals surface area contributed by atoms with Crippen molar-refractivity contribution in [3.05, 3.63) is 28.8 Å². The van der Waals surface area contributed by atoms with Crippen LogP contribution in [0.1, 0.15) is 58.8 Å². The van der Waals surface area contributed by atoms with Crippen LogP contribution in [0, 0.1) is 0 Å². The molecule has 12 nitrogen and oxygen atoms in total. The number of hydrogen-bond donors (Lipinski definition) is 1. The van der Waals surface area contributed by atoms with Crippen LogP contribution < -0.4 is 10.1 Å². The summed E-state index contributed by atoms with van der Waals surface area (Å²) in [4.78, 5) is 60.4. The average molecular weight is 558 g/mol. The molecule has 1 fully saturated rings. The van der Waals surface area contributed by atoms with Crippen molar-refractivity contribution in [3.8, 4) is 5.75 Å². The van der Waals surface area contributed by atoms with Crippen molar-refractivity contribution < 1.29 is 52.4 Å². The summed E-state index contributed by atoms with van der Waals surface area (Å²) < 4.78 is 33.1. The van der Waals surface area contributed by atoms with Gasteiger partial charge in [-0.15, -0.1) is 0 Å². The monoisotopic (exact) mass is 557 g/mol. The first kappa shape index (κ1) is 30.8. The van der Waals surface area contributed by atoms with E-state index in [1.54, 1.807) is 20.8 Å². The van der Waals surface area contributed by atoms with Gasteiger partial charge in [0.1, 0.15) is 18.5 Å². The van der Waals surface area contributed by atoms with Crippen molar-refractivity contribution in [1.82, 2.24) is 5.32 Å². The quantitative estimate of drug-likeness (QED) is 0.370. The molecule has 13 heteroatoms. The SMILES string of the molecule is CC(=O)OC[C@H]1OC(Oc2ccc(Cl)cc2C(=O)NC(C)(C)C)C(OC(C)=O)C(OC(C)=O)C1OC(C)=O. The molecule has 0 bridgehead atoms. The first-order valence-electron chi connectivity index (χ1n) is 11.7. The molecule has 0 aromatic heterocycles. The molecule has 210 valence electrons. The van der Waals surface area contributed by atoms with Crippen molar-refractivity contribution in [2.75, 3.05) is 6.61 Å². The maximum absolute atomic E-state index is 13.0. The minimum absolute atomic E-state index is 0.00273. The Morgan fingerprint density at radius 2 is 1.42 bits per heavy atom. The zero-order chi connectivity index (χ0) is 28.8. The number of ether oxygens (including phenoxy) is 6. The van der Waals surface area contributed by atoms with E-state index in [-0.39, 0.29) is 16.3 Å². The highest BCUT2D eigenvalue weighted by atomic mass is 35.5. The summed E-state index contributed by atoms with van der Waals surface area (Å²) in [6.07, 6.45) is -6.92. The summed E-state index contributed by atoms with van der Waals surface area (Å²) in [6.45, 7) is 9.44. The summed E-state index contributed by atoms with van der Waals surface area (Å²) in [7, 11) is 0. The molecule has 1 aliphatic rings. The topological polar surface area (TPSA) is 153 Å². The molecule has 0 spiro atoms. The van der Waals surface area contributed by atoms with Gasteiger partial charge in [0.15, 0.2) is 12.2 Å². The van der Waals surface area contributed by atoms with Gasteiger partial charge in [0.25, 0.3) is 5.91 Å². The maximum atomic E-state index is 13.0. The average Bonchev–Trinajstić information content (AvgIpc) is 2.75. The Hall–Kier alpha value is -3.38. The Morgan fingerprint density at radius 1 is 0.868 bits per heavy atom. The lowest BCUT2D eigenvalue weighted by molar-refractivity contribution is -0.288. The Morgan fingerprint density at radius 3 is 1.95 bits per heavy atom. The molecule has 1 aromatic carbocycles. The third-order valence-electron chi connectivity index (χ3n) is 4.87. The fourth-order valence-electron chi connectivity index (χ4n) is 3.60. The second-order valence-corrected chi connectivity index (χ2v) is 9.97. The standard InChI is InChI=1S/C25H32ClNO11/c1-12(28)33-11-19-20(34-13(2)29)21(35-14(3)30)22(36-15(4)31)24(38-19)37-18-9-8-16(26)10-17(18)23(32)27-25(5,6)7/h8-10,19-22,24H,11H2,1-7H3,(H,27,32)/t19-,20?,21?,22?,24?/m1/s1. The largest absolute Gasteiger partial charge is 0.463 e. The Labute approximate surface area is 225 Å². The fourth-order valence-corrected chi connectivity index (χ4v) is 3.77. The number of carbonyl (C=O) groups excluding carboxylic acids is 5. The number of rotatable bonds is 8. The number of amides is 1. The van der Waals surface area contributed by atoms with E-state index in [1.807, 2.05) is 0 Å². The lowest BCUT2D eigenvalue weighted by Gasteiger charge is -2.44. The molecule has 1 aromatic rings. The van der Waals surface area contributed by atoms with Gasteiger partial charge >= 0.3 is 23.9 Å². The van der Waals surface area contributed by atoms with Crippen molar-refractivity contribution in [2.45, 2.75) is 84.7 Å². The minimum atomic E-state index is -1.50. The predicted molar refractivity (Wildman–Crippen MR) is 131 cm³/mol. The molecule has 0 aliphatic carbocycles. The van der Waals surface area contributed by atoms with Crippen molar-refractivity contribution in [2.24, 2.45) is 0 Å². The molecule has 1 heterocycles. The van der Waals surface area contributed by atoms with Gasteiger partial charge in [-0.1, -0.05) is 11.6 Å². The molecule has 0 radical (unpaired) electrons. The van der Waals surface area contributed by atoms with Gasteiger partial charge in [0.2, 0.25) is 12.4 Å². The van der Waals surface area contributed by atoms with Crippen LogP contribution in [0.5, 0.6) is 5.75 Å². The number of benzene rings is 1. The van der Waals surface area contributed by atoms with Crippen LogP contribution in [-0.2, 0) is 42.9 Å². The molecular formula is C25H32ClNO11. The molecule has 38 heavy (non-hydrogen) atoms. The highest BCUT2D eigenvalue weighted by molar-refractivity contribution is 6.31. The lowest BCUT2D eigenvalue weighted by Crippen LogP contribution is -2.63. The summed E-state index contributed by atoms with van der Waals surface area (Å²) in [5, 5.41) is 3.05. The van der Waals surface area contributed by atoms with Crippen LogP contribution in [0.2, 0.25) is 5.02 Å². The molecule has 5 atom stereocenters. The van der Waals surface area contributed by atoms with Crippen LogP contribution in [0.15, 0.2) is 18.2 Å². The van der Waals surface area contributed by atoms with Crippen molar-refractivity contribution in [1.29, 1.82) is 0 Å². The van der Waals surface area contributed by atoms with E-state index in [1.165, 1.54) is 18.2 Å². The van der Waals surface area contributed by atoms with E-state index in [2.05, 4.69) is 5.32 Å². The number of halogens is 1. The molecule has 1 saturated heterocycles. The first-order valence-corrected chi connectivity index (χ1v) is 12.0. The van der Waals surface area contributed by atoms with E-state index in [9.17, 15) is 24.0 Å². The molecule has 0 saturated carbocycles. The highest BCUT2D eigenvalue weighted by Gasteiger charge is 2.53. The Bertz CT molecular complexity index is 1070. The Balaban J connectivity index is 2.57. The maximum Gasteiger partial charge on any atom is 0.303 e. The molecular weight excluding hydrogens is 526 g/mol. The number of esters is 4. The van der Waals surface area contributed by atoms with Crippen LogP contribution in [0.25, 0.3) is 0 Å². The molecule has 2 rings (SSSR count). The minimum Gasteiger partial charge on any atom is -0.463 e. The lowest BCUT2D eigenvalue weighted by atomic mass is 9.98. The van der Waals surface area contributed by atoms with E-state index in [4.69, 9.17) is 40.0 Å². The molecule has 1 amide bonds. The van der Waals surface area contributed by atoms with E-state index < -0.39 is 72.6 Å². The van der Waals surface area contributed by atoms with Crippen LogP contribution >= 0.6 is 11.6 Å². The van der Waals surface area contributed by atoms with Gasteiger partial charge in [-0.05, 0) is 39.0 Å². The zero-order valence-electron chi connectivity index (χ0n) is 22.2. The first-order chi connectivity index (χ1) is 17.6. The van der Waals surface area contributed by atoms with Gasteiger partial charge < -0.3 is 33.7 Å². The third-order valence-corrected chi connectivity index (χ3v) is 5.10. The smallest absolute Gasteiger partial charge is 0.303 e. The van der Waals surface area contributed by atoms with E-state index in [0.717, 1.165) is 27.7 Å². The van der Waals surface area contributed by atoms with Gasteiger partial charge in [-0.3, -0.25) is 24.0 Å². The summed E-state index contributed by atoms with van der Waals surface area (Å²) in [5.74, 6) is -3.50. The van der Waals surface area contributed by atoms with Crippen LogP contribution in [0.4, 0.5) is 0 Å². The van der Waals surface area contributed by atoms with Gasteiger partial charge in [-0.25, -0.2) is 0 Å². The number of hydrogen-bond acceptors (Lipinski definition) is 11. The summed E-state index contributed by atoms with van der Waals surface area (Å²) in [6, 6.07) is 4.26. The van der Waals surface area contributed by atoms with Crippen LogP contribution in [0.3, 0.4) is 0 Å². The summed E-state index contributed by atoms with van der Waals surface area (Å²) in [5.41, 5.74) is -0.550. The normalized spacial score (nSPS) is 23.0. The third kappa shape index (κ3) is 9.18. The van der Waals surface area contributed by atoms with Gasteiger partial charge in [0, 0.05) is 38.3 Å². The molecule has 1 aliphatic heterocycles. The van der Waals surface area contributed by atoms with Gasteiger partial charge in [-0.2, -0.15) is 0 Å². The van der Waals surface area contributed by atoms with Crippen LogP contribution in [-0.4, -0.2) is 72.6 Å². The highest BCUT2D eigenvalue weighted by Crippen LogP contribution is 2.33. The second-order valence-electron chi connectivity index (χ2n) is 9.53. The summed E-state index contributed by atoms with van der Waals surface area (Å²) >= 11 is 6.12. The van der Waals surface area contributed by atoms with E-state index >= 15 is 0 Å². The predicted octanol–water partition coefficient (Wildman–Crippen LogP) is 2.33. The Kier molecular flexibility index (Phi) is 10.5. The number of nitrogens with one attached hydrogen (secondary N) is 1. The number of carbonyl (C=O) groups is 5. The second kappa shape index (κ2) is 12.9. The molecule has 1 N–H and O–H groups in total. The molecule has 4 unspecified atom stereocenters. The zero-order valence-corrected chi connectivity index (χ0v) is 23.0.